The van der Waals surface area contributed by atoms with Gasteiger partial charge in [0.25, 0.3) is 0 Å². The van der Waals surface area contributed by atoms with Crippen molar-refractivity contribution >= 4 is 21.6 Å². The highest BCUT2D eigenvalue weighted by atomic mass is 79.9. The first kappa shape index (κ1) is 10.7. The average molecular weight is 277 g/mol. The van der Waals surface area contributed by atoms with Crippen LogP contribution in [0.2, 0.25) is 0 Å². The number of nitrogens with zero attached hydrogens (tertiary/aromatic N) is 2. The van der Waals surface area contributed by atoms with Crippen molar-refractivity contribution in [1.82, 2.24) is 10.2 Å². The Morgan fingerprint density at radius 3 is 3.00 bits per heavy atom. The van der Waals surface area contributed by atoms with Crippen LogP contribution in [0, 0.1) is 11.3 Å². The number of aromatic nitrogens is 2. The van der Waals surface area contributed by atoms with Gasteiger partial charge in [-0.15, -0.1) is 0 Å². The third-order valence-electron chi connectivity index (χ3n) is 2.14. The van der Waals surface area contributed by atoms with E-state index in [0.29, 0.717) is 12.1 Å². The fourth-order valence-corrected chi connectivity index (χ4v) is 1.82. The van der Waals surface area contributed by atoms with E-state index >= 15 is 0 Å². The van der Waals surface area contributed by atoms with Gasteiger partial charge in [-0.3, -0.25) is 5.10 Å². The van der Waals surface area contributed by atoms with Crippen molar-refractivity contribution in [2.75, 3.05) is 5.32 Å². The molecule has 0 atom stereocenters. The maximum Gasteiger partial charge on any atom is 0.0992 e. The van der Waals surface area contributed by atoms with E-state index in [-0.39, 0.29) is 0 Å². The third-order valence-corrected chi connectivity index (χ3v) is 2.79. The molecule has 0 saturated heterocycles. The normalized spacial score (nSPS) is 9.75. The molecule has 4 nitrogen and oxygen atoms in total. The van der Waals surface area contributed by atoms with Crippen molar-refractivity contribution in [3.8, 4) is 6.07 Å². The summed E-state index contributed by atoms with van der Waals surface area (Å²) in [4.78, 5) is 0. The molecule has 0 aliphatic rings. The molecule has 1 aromatic heterocycles. The van der Waals surface area contributed by atoms with E-state index in [1.54, 1.807) is 18.3 Å². The Balaban J connectivity index is 2.08. The van der Waals surface area contributed by atoms with Crippen LogP contribution >= 0.6 is 15.9 Å². The van der Waals surface area contributed by atoms with Crippen LogP contribution in [0.3, 0.4) is 0 Å². The second-order valence-electron chi connectivity index (χ2n) is 3.27. The Hall–Kier alpha value is -1.80. The van der Waals surface area contributed by atoms with E-state index in [1.165, 1.54) is 0 Å². The molecule has 1 heterocycles. The lowest BCUT2D eigenvalue weighted by atomic mass is 10.2. The molecule has 0 bridgehead atoms. The fourth-order valence-electron chi connectivity index (χ4n) is 1.30. The standard InChI is InChI=1S/C11H9BrN4/c12-10-3-8(4-13)1-2-11(10)14-5-9-6-15-16-7-9/h1-3,6-7,14H,5H2,(H,15,16). The Morgan fingerprint density at radius 1 is 1.50 bits per heavy atom. The Labute approximate surface area is 101 Å². The van der Waals surface area contributed by atoms with Gasteiger partial charge < -0.3 is 5.32 Å². The summed E-state index contributed by atoms with van der Waals surface area (Å²) in [6.45, 7) is 0.695. The van der Waals surface area contributed by atoms with E-state index in [4.69, 9.17) is 5.26 Å². The molecule has 0 fully saturated rings. The minimum Gasteiger partial charge on any atom is -0.380 e. The number of hydrogen-bond acceptors (Lipinski definition) is 3. The smallest absolute Gasteiger partial charge is 0.0992 e. The summed E-state index contributed by atoms with van der Waals surface area (Å²) >= 11 is 3.42. The molecule has 0 unspecified atom stereocenters. The van der Waals surface area contributed by atoms with Gasteiger partial charge in [0, 0.05) is 28.5 Å². The number of benzene rings is 1. The average Bonchev–Trinajstić information content (AvgIpc) is 2.80. The Kier molecular flexibility index (Phi) is 3.22. The number of hydrogen-bond donors (Lipinski definition) is 2. The maximum atomic E-state index is 8.73. The first-order chi connectivity index (χ1) is 7.79. The van der Waals surface area contributed by atoms with Gasteiger partial charge in [0.15, 0.2) is 0 Å². The second-order valence-corrected chi connectivity index (χ2v) is 4.12. The molecule has 80 valence electrons. The lowest BCUT2D eigenvalue weighted by molar-refractivity contribution is 1.09. The van der Waals surface area contributed by atoms with Gasteiger partial charge in [0.2, 0.25) is 0 Å². The summed E-state index contributed by atoms with van der Waals surface area (Å²) in [5.41, 5.74) is 2.68. The third kappa shape index (κ3) is 2.41. The molecule has 16 heavy (non-hydrogen) atoms. The SMILES string of the molecule is N#Cc1ccc(NCc2cn[nH]c2)c(Br)c1. The Morgan fingerprint density at radius 2 is 2.38 bits per heavy atom. The number of halogens is 1. The molecule has 0 amide bonds. The number of nitrogens with one attached hydrogen (secondary N) is 2. The largest absolute Gasteiger partial charge is 0.380 e. The lowest BCUT2D eigenvalue weighted by Crippen LogP contribution is -1.99. The van der Waals surface area contributed by atoms with Crippen molar-refractivity contribution in [3.63, 3.8) is 0 Å². The zero-order valence-electron chi connectivity index (χ0n) is 8.37. The van der Waals surface area contributed by atoms with Crippen molar-refractivity contribution in [3.05, 3.63) is 46.2 Å². The predicted octanol–water partition coefficient (Wildman–Crippen LogP) is 2.66. The van der Waals surface area contributed by atoms with Crippen LogP contribution in [0.1, 0.15) is 11.1 Å². The van der Waals surface area contributed by atoms with E-state index in [0.717, 1.165) is 15.7 Å². The molecule has 2 N–H and O–H groups in total. The molecule has 2 aromatic rings. The summed E-state index contributed by atoms with van der Waals surface area (Å²) in [6, 6.07) is 7.54. The van der Waals surface area contributed by atoms with Crippen molar-refractivity contribution in [1.29, 1.82) is 5.26 Å². The minimum atomic E-state index is 0.640. The van der Waals surface area contributed by atoms with Crippen LogP contribution < -0.4 is 5.32 Å². The lowest BCUT2D eigenvalue weighted by Gasteiger charge is -2.07. The Bertz CT molecular complexity index is 513. The molecule has 1 aromatic carbocycles. The zero-order chi connectivity index (χ0) is 11.4. The van der Waals surface area contributed by atoms with E-state index < -0.39 is 0 Å². The molecule has 0 radical (unpaired) electrons. The number of aromatic amines is 1. The molecular formula is C11H9BrN4. The quantitative estimate of drug-likeness (QED) is 0.906. The van der Waals surface area contributed by atoms with Gasteiger partial charge in [-0.2, -0.15) is 10.4 Å². The highest BCUT2D eigenvalue weighted by molar-refractivity contribution is 9.10. The predicted molar refractivity (Wildman–Crippen MR) is 64.8 cm³/mol. The molecule has 0 aliphatic carbocycles. The molecule has 0 saturated carbocycles. The zero-order valence-corrected chi connectivity index (χ0v) is 9.95. The molecule has 2 rings (SSSR count). The van der Waals surface area contributed by atoms with E-state index in [2.05, 4.69) is 37.5 Å². The van der Waals surface area contributed by atoms with Crippen molar-refractivity contribution in [2.24, 2.45) is 0 Å². The number of nitriles is 1. The van der Waals surface area contributed by atoms with E-state index in [9.17, 15) is 0 Å². The van der Waals surface area contributed by atoms with Gasteiger partial charge >= 0.3 is 0 Å². The van der Waals surface area contributed by atoms with Crippen LogP contribution in [0.15, 0.2) is 35.1 Å². The van der Waals surface area contributed by atoms with Gasteiger partial charge in [-0.05, 0) is 34.1 Å². The highest BCUT2D eigenvalue weighted by Gasteiger charge is 2.01. The molecule has 5 heteroatoms. The second kappa shape index (κ2) is 4.81. The number of rotatable bonds is 3. The molecule has 0 aliphatic heterocycles. The maximum absolute atomic E-state index is 8.73. The van der Waals surface area contributed by atoms with Crippen LogP contribution in [0.5, 0.6) is 0 Å². The summed E-state index contributed by atoms with van der Waals surface area (Å²) < 4.78 is 0.884. The van der Waals surface area contributed by atoms with Crippen LogP contribution in [-0.2, 0) is 6.54 Å². The summed E-state index contributed by atoms with van der Waals surface area (Å²) in [5.74, 6) is 0. The molecular weight excluding hydrogens is 268 g/mol. The van der Waals surface area contributed by atoms with E-state index in [1.807, 2.05) is 12.3 Å². The van der Waals surface area contributed by atoms with Crippen LogP contribution in [0.4, 0.5) is 5.69 Å². The topological polar surface area (TPSA) is 64.5 Å². The van der Waals surface area contributed by atoms with Crippen LogP contribution in [-0.4, -0.2) is 10.2 Å². The number of anilines is 1. The van der Waals surface area contributed by atoms with Gasteiger partial charge in [-0.1, -0.05) is 0 Å². The van der Waals surface area contributed by atoms with Gasteiger partial charge in [0.1, 0.15) is 0 Å². The van der Waals surface area contributed by atoms with Crippen molar-refractivity contribution < 1.29 is 0 Å². The first-order valence-electron chi connectivity index (χ1n) is 4.71. The number of H-pyrrole nitrogens is 1. The monoisotopic (exact) mass is 276 g/mol. The minimum absolute atomic E-state index is 0.640. The fraction of sp³-hybridized carbons (Fsp3) is 0.0909. The van der Waals surface area contributed by atoms with Crippen LogP contribution in [0.25, 0.3) is 0 Å². The first-order valence-corrected chi connectivity index (χ1v) is 5.50. The summed E-state index contributed by atoms with van der Waals surface area (Å²) in [6.07, 6.45) is 3.61. The van der Waals surface area contributed by atoms with Gasteiger partial charge in [0.05, 0.1) is 17.8 Å². The summed E-state index contributed by atoms with van der Waals surface area (Å²) in [5, 5.41) is 18.6. The highest BCUT2D eigenvalue weighted by Crippen LogP contribution is 2.23. The summed E-state index contributed by atoms with van der Waals surface area (Å²) in [7, 11) is 0. The van der Waals surface area contributed by atoms with Gasteiger partial charge in [-0.25, -0.2) is 0 Å². The van der Waals surface area contributed by atoms with Crippen molar-refractivity contribution in [2.45, 2.75) is 6.54 Å². The molecule has 0 spiro atoms.